The lowest BCUT2D eigenvalue weighted by molar-refractivity contribution is -0.122. The maximum absolute atomic E-state index is 11.8. The average Bonchev–Trinajstić information content (AvgIpc) is 3.33. The molecule has 0 saturated carbocycles. The number of amides is 1. The Labute approximate surface area is 199 Å². The molecule has 0 radical (unpaired) electrons. The van der Waals surface area contributed by atoms with Crippen molar-refractivity contribution >= 4 is 39.1 Å². The molecule has 1 aromatic carbocycles. The second-order valence-electron chi connectivity index (χ2n) is 8.14. The monoisotopic (exact) mass is 483 g/mol. The molecule has 0 saturated heterocycles. The first-order chi connectivity index (χ1) is 15.9. The Morgan fingerprint density at radius 1 is 1.24 bits per heavy atom. The predicted molar refractivity (Wildman–Crippen MR) is 128 cm³/mol. The van der Waals surface area contributed by atoms with E-state index in [0.717, 1.165) is 44.0 Å². The summed E-state index contributed by atoms with van der Waals surface area (Å²) in [4.78, 5) is 18.5. The number of carbonyl (C=O) groups excluding carboxylic acids is 1. The third-order valence-corrected chi connectivity index (χ3v) is 7.78. The highest BCUT2D eigenvalue weighted by atomic mass is 35.5. The number of aromatic nitrogens is 2. The van der Waals surface area contributed by atoms with Crippen LogP contribution in [0.25, 0.3) is 21.3 Å². The van der Waals surface area contributed by atoms with Gasteiger partial charge in [-0.1, -0.05) is 23.7 Å². The lowest BCUT2D eigenvalue weighted by Gasteiger charge is -2.20. The number of pyridine rings is 1. The summed E-state index contributed by atoms with van der Waals surface area (Å²) in [5.41, 5.74) is 9.03. The van der Waals surface area contributed by atoms with E-state index in [4.69, 9.17) is 27.1 Å². The van der Waals surface area contributed by atoms with Gasteiger partial charge in [0, 0.05) is 33.9 Å². The van der Waals surface area contributed by atoms with Crippen molar-refractivity contribution < 1.29 is 19.7 Å². The van der Waals surface area contributed by atoms with Crippen molar-refractivity contribution in [2.24, 2.45) is 11.7 Å². The summed E-state index contributed by atoms with van der Waals surface area (Å²) >= 11 is 8.50. The molecule has 1 aliphatic carbocycles. The standard InChI is InChI=1S/C24H22ClN3O4S/c1-32-14-5-2-12(3-6-14)20-21-15-7-4-13(23(26)31)10-17(15)33-24(21)27-16(22(20)25)11-28-18(29)8-9-19(28)30/h2-3,5-6,8-9,13,29-30H,4,7,10-11H2,1H3,(H2,26,31)/t13-/m1/s1. The minimum Gasteiger partial charge on any atom is -0.497 e. The van der Waals surface area contributed by atoms with Gasteiger partial charge < -0.3 is 20.7 Å². The Morgan fingerprint density at radius 3 is 2.58 bits per heavy atom. The Hall–Kier alpha value is -3.23. The molecule has 9 heteroatoms. The number of aryl methyl sites for hydroxylation is 1. The molecule has 0 spiro atoms. The quantitative estimate of drug-likeness (QED) is 0.387. The van der Waals surface area contributed by atoms with Crippen LogP contribution in [0.3, 0.4) is 0 Å². The van der Waals surface area contributed by atoms with E-state index in [1.807, 2.05) is 24.3 Å². The van der Waals surface area contributed by atoms with Crippen LogP contribution >= 0.6 is 22.9 Å². The summed E-state index contributed by atoms with van der Waals surface area (Å²) in [7, 11) is 1.62. The Kier molecular flexibility index (Phi) is 5.42. The number of ether oxygens (including phenoxy) is 1. The SMILES string of the molecule is COc1ccc(-c2c(Cl)c(Cn3c(O)ccc3O)nc3sc4c(c23)CC[C@@H](C(N)=O)C4)cc1. The number of halogens is 1. The van der Waals surface area contributed by atoms with Gasteiger partial charge >= 0.3 is 0 Å². The van der Waals surface area contributed by atoms with Crippen LogP contribution in [0.5, 0.6) is 17.5 Å². The van der Waals surface area contributed by atoms with Crippen LogP contribution in [0.1, 0.15) is 22.6 Å². The van der Waals surface area contributed by atoms with E-state index in [-0.39, 0.29) is 30.1 Å². The van der Waals surface area contributed by atoms with Gasteiger partial charge in [-0.3, -0.25) is 9.36 Å². The zero-order valence-electron chi connectivity index (χ0n) is 17.8. The van der Waals surface area contributed by atoms with Crippen molar-refractivity contribution in [3.8, 4) is 28.6 Å². The number of carbonyl (C=O) groups is 1. The predicted octanol–water partition coefficient (Wildman–Crippen LogP) is 4.48. The molecule has 170 valence electrons. The average molecular weight is 484 g/mol. The molecule has 3 heterocycles. The summed E-state index contributed by atoms with van der Waals surface area (Å²) in [6.07, 6.45) is 2.02. The molecular formula is C24H22ClN3O4S. The van der Waals surface area contributed by atoms with Crippen LogP contribution < -0.4 is 10.5 Å². The number of aromatic hydroxyl groups is 2. The van der Waals surface area contributed by atoms with E-state index in [1.54, 1.807) is 18.4 Å². The first-order valence-electron chi connectivity index (χ1n) is 10.5. The van der Waals surface area contributed by atoms with Crippen LogP contribution in [-0.2, 0) is 24.2 Å². The molecule has 0 unspecified atom stereocenters. The molecule has 5 rings (SSSR count). The highest BCUT2D eigenvalue weighted by molar-refractivity contribution is 7.19. The van der Waals surface area contributed by atoms with Crippen molar-refractivity contribution in [3.63, 3.8) is 0 Å². The van der Waals surface area contributed by atoms with E-state index in [0.29, 0.717) is 23.6 Å². The number of fused-ring (bicyclic) bond motifs is 3. The van der Waals surface area contributed by atoms with Gasteiger partial charge in [0.05, 0.1) is 24.4 Å². The molecule has 0 aliphatic heterocycles. The Morgan fingerprint density at radius 2 is 1.94 bits per heavy atom. The minimum absolute atomic E-state index is 0.0776. The van der Waals surface area contributed by atoms with Crippen molar-refractivity contribution in [1.82, 2.24) is 9.55 Å². The van der Waals surface area contributed by atoms with Gasteiger partial charge in [-0.15, -0.1) is 11.3 Å². The topological polar surface area (TPSA) is 111 Å². The van der Waals surface area contributed by atoms with Crippen LogP contribution in [0, 0.1) is 5.92 Å². The van der Waals surface area contributed by atoms with Gasteiger partial charge in [-0.2, -0.15) is 0 Å². The molecular weight excluding hydrogens is 462 g/mol. The normalized spacial score (nSPS) is 15.5. The number of nitrogens with zero attached hydrogens (tertiary/aromatic N) is 2. The van der Waals surface area contributed by atoms with Gasteiger partial charge in [0.25, 0.3) is 0 Å². The Balaban J connectivity index is 1.73. The third kappa shape index (κ3) is 3.69. The number of rotatable bonds is 5. The number of hydrogen-bond donors (Lipinski definition) is 3. The zero-order valence-corrected chi connectivity index (χ0v) is 19.4. The van der Waals surface area contributed by atoms with Crippen molar-refractivity contribution in [2.75, 3.05) is 7.11 Å². The van der Waals surface area contributed by atoms with Crippen molar-refractivity contribution in [2.45, 2.75) is 25.8 Å². The van der Waals surface area contributed by atoms with Gasteiger partial charge in [-0.05, 0) is 42.5 Å². The van der Waals surface area contributed by atoms with E-state index in [1.165, 1.54) is 16.7 Å². The summed E-state index contributed by atoms with van der Waals surface area (Å²) in [5, 5.41) is 21.7. The first-order valence-corrected chi connectivity index (χ1v) is 11.7. The fourth-order valence-electron chi connectivity index (χ4n) is 4.47. The maximum atomic E-state index is 11.8. The fourth-order valence-corrected chi connectivity index (χ4v) is 6.10. The third-order valence-electron chi connectivity index (χ3n) is 6.23. The molecule has 1 atom stereocenters. The minimum atomic E-state index is -0.279. The largest absolute Gasteiger partial charge is 0.497 e. The molecule has 1 amide bonds. The van der Waals surface area contributed by atoms with Crippen LogP contribution in [0.15, 0.2) is 36.4 Å². The second-order valence-corrected chi connectivity index (χ2v) is 9.60. The fraction of sp³-hybridized carbons (Fsp3) is 0.250. The van der Waals surface area contributed by atoms with Crippen molar-refractivity contribution in [3.05, 3.63) is 57.6 Å². The second kappa shape index (κ2) is 8.28. The van der Waals surface area contributed by atoms with E-state index in [9.17, 15) is 15.0 Å². The van der Waals surface area contributed by atoms with E-state index >= 15 is 0 Å². The van der Waals surface area contributed by atoms with Gasteiger partial charge in [0.2, 0.25) is 5.91 Å². The van der Waals surface area contributed by atoms with E-state index in [2.05, 4.69) is 0 Å². The smallest absolute Gasteiger partial charge is 0.220 e. The summed E-state index contributed by atoms with van der Waals surface area (Å²) in [6.45, 7) is 0.106. The van der Waals surface area contributed by atoms with E-state index < -0.39 is 0 Å². The maximum Gasteiger partial charge on any atom is 0.220 e. The molecule has 4 N–H and O–H groups in total. The molecule has 0 bridgehead atoms. The summed E-state index contributed by atoms with van der Waals surface area (Å²) in [6, 6.07) is 10.5. The number of hydrogen-bond acceptors (Lipinski definition) is 6. The molecule has 0 fully saturated rings. The number of methoxy groups -OCH3 is 1. The number of benzene rings is 1. The molecule has 33 heavy (non-hydrogen) atoms. The summed E-state index contributed by atoms with van der Waals surface area (Å²) < 4.78 is 6.65. The zero-order chi connectivity index (χ0) is 23.3. The van der Waals surface area contributed by atoms with Crippen LogP contribution in [-0.4, -0.2) is 32.8 Å². The van der Waals surface area contributed by atoms with Crippen LogP contribution in [0.2, 0.25) is 5.02 Å². The van der Waals surface area contributed by atoms with Gasteiger partial charge in [0.15, 0.2) is 11.8 Å². The highest BCUT2D eigenvalue weighted by Crippen LogP contribution is 2.46. The Bertz CT molecular complexity index is 1360. The van der Waals surface area contributed by atoms with Crippen molar-refractivity contribution in [1.29, 1.82) is 0 Å². The highest BCUT2D eigenvalue weighted by Gasteiger charge is 2.29. The first kappa shape index (κ1) is 21.6. The molecule has 7 nitrogen and oxygen atoms in total. The lowest BCUT2D eigenvalue weighted by atomic mass is 9.86. The molecule has 1 aliphatic rings. The molecule has 3 aromatic heterocycles. The van der Waals surface area contributed by atoms with Gasteiger partial charge in [-0.25, -0.2) is 4.98 Å². The van der Waals surface area contributed by atoms with Gasteiger partial charge in [0.1, 0.15) is 10.6 Å². The molecule has 4 aromatic rings. The summed E-state index contributed by atoms with van der Waals surface area (Å²) in [5.74, 6) is 0.120. The lowest BCUT2D eigenvalue weighted by Crippen LogP contribution is -2.27. The van der Waals surface area contributed by atoms with Crippen LogP contribution in [0.4, 0.5) is 0 Å². The number of nitrogens with two attached hydrogens (primary N) is 1. The number of thiophene rings is 1. The number of primary amides is 1.